The summed E-state index contributed by atoms with van der Waals surface area (Å²) in [7, 11) is 2.00. The van der Waals surface area contributed by atoms with Crippen LogP contribution in [0.1, 0.15) is 11.1 Å². The molecule has 130 valence electrons. The second kappa shape index (κ2) is 6.50. The fourth-order valence-electron chi connectivity index (χ4n) is 3.21. The van der Waals surface area contributed by atoms with Gasteiger partial charge < -0.3 is 9.67 Å². The number of fused-ring (bicyclic) bond motifs is 1. The van der Waals surface area contributed by atoms with Gasteiger partial charge in [0.05, 0.1) is 11.1 Å². The summed E-state index contributed by atoms with van der Waals surface area (Å²) in [5.74, 6) is 0.262. The lowest BCUT2D eigenvalue weighted by Gasteiger charge is -2.05. The molecular weight excluding hydrogens is 342 g/mol. The summed E-state index contributed by atoms with van der Waals surface area (Å²) >= 11 is 1.66. The van der Waals surface area contributed by atoms with E-state index in [0.717, 1.165) is 27.3 Å². The van der Waals surface area contributed by atoms with Crippen LogP contribution in [0, 0.1) is 13.8 Å². The normalized spacial score (nSPS) is 11.2. The largest absolute Gasteiger partial charge is 0.508 e. The molecule has 0 spiro atoms. The SMILES string of the molecule is Cc1cc(C)cc(Sc2ncnc3c2cc(-c2ccc(O)cc2)n3C)c1. The van der Waals surface area contributed by atoms with Crippen molar-refractivity contribution in [2.45, 2.75) is 23.8 Å². The van der Waals surface area contributed by atoms with Crippen LogP contribution in [0.2, 0.25) is 0 Å². The van der Waals surface area contributed by atoms with Crippen LogP contribution < -0.4 is 0 Å². The lowest BCUT2D eigenvalue weighted by Crippen LogP contribution is -1.94. The number of rotatable bonds is 3. The van der Waals surface area contributed by atoms with E-state index in [1.807, 2.05) is 19.2 Å². The molecule has 0 amide bonds. The predicted molar refractivity (Wildman–Crippen MR) is 106 cm³/mol. The molecule has 0 radical (unpaired) electrons. The highest BCUT2D eigenvalue weighted by molar-refractivity contribution is 7.99. The van der Waals surface area contributed by atoms with Crippen molar-refractivity contribution in [3.05, 3.63) is 66.0 Å². The Morgan fingerprint density at radius 3 is 2.31 bits per heavy atom. The average molecular weight is 361 g/mol. The van der Waals surface area contributed by atoms with Crippen molar-refractivity contribution in [2.24, 2.45) is 7.05 Å². The number of benzene rings is 2. The van der Waals surface area contributed by atoms with Crippen LogP contribution in [-0.4, -0.2) is 19.6 Å². The number of aromatic nitrogens is 3. The van der Waals surface area contributed by atoms with E-state index >= 15 is 0 Å². The van der Waals surface area contributed by atoms with Crippen LogP contribution >= 0.6 is 11.8 Å². The van der Waals surface area contributed by atoms with Crippen LogP contribution in [0.15, 0.2) is 64.8 Å². The molecule has 2 aromatic heterocycles. The zero-order chi connectivity index (χ0) is 18.3. The molecule has 0 saturated heterocycles. The highest BCUT2D eigenvalue weighted by Crippen LogP contribution is 2.35. The minimum atomic E-state index is 0.262. The molecular formula is C21H19N3OS. The molecule has 0 saturated carbocycles. The van der Waals surface area contributed by atoms with Gasteiger partial charge in [0.1, 0.15) is 22.7 Å². The second-order valence-corrected chi connectivity index (χ2v) is 7.54. The van der Waals surface area contributed by atoms with E-state index in [4.69, 9.17) is 0 Å². The maximum absolute atomic E-state index is 9.53. The Bertz CT molecular complexity index is 1080. The third kappa shape index (κ3) is 3.06. The van der Waals surface area contributed by atoms with Gasteiger partial charge in [-0.2, -0.15) is 0 Å². The van der Waals surface area contributed by atoms with Gasteiger partial charge in [0.2, 0.25) is 0 Å². The molecule has 4 nitrogen and oxygen atoms in total. The zero-order valence-corrected chi connectivity index (χ0v) is 15.7. The molecule has 5 heteroatoms. The maximum atomic E-state index is 9.53. The van der Waals surface area contributed by atoms with E-state index in [-0.39, 0.29) is 5.75 Å². The number of phenols is 1. The number of hydrogen-bond donors (Lipinski definition) is 1. The minimum Gasteiger partial charge on any atom is -0.508 e. The maximum Gasteiger partial charge on any atom is 0.144 e. The number of phenolic OH excluding ortho intramolecular Hbond substituents is 1. The molecule has 0 fully saturated rings. The van der Waals surface area contributed by atoms with Crippen LogP contribution in [-0.2, 0) is 7.05 Å². The van der Waals surface area contributed by atoms with Gasteiger partial charge >= 0.3 is 0 Å². The topological polar surface area (TPSA) is 50.9 Å². The number of hydrogen-bond acceptors (Lipinski definition) is 4. The lowest BCUT2D eigenvalue weighted by molar-refractivity contribution is 0.475. The number of aryl methyl sites for hydroxylation is 3. The Labute approximate surface area is 156 Å². The molecule has 2 heterocycles. The van der Waals surface area contributed by atoms with Crippen molar-refractivity contribution in [3.8, 4) is 17.0 Å². The van der Waals surface area contributed by atoms with E-state index in [0.29, 0.717) is 0 Å². The van der Waals surface area contributed by atoms with E-state index in [1.165, 1.54) is 16.0 Å². The van der Waals surface area contributed by atoms with Crippen LogP contribution in [0.25, 0.3) is 22.3 Å². The van der Waals surface area contributed by atoms with Crippen molar-refractivity contribution in [1.29, 1.82) is 0 Å². The molecule has 0 aliphatic carbocycles. The third-order valence-corrected chi connectivity index (χ3v) is 5.35. The molecule has 0 bridgehead atoms. The Morgan fingerprint density at radius 1 is 0.923 bits per heavy atom. The molecule has 26 heavy (non-hydrogen) atoms. The monoisotopic (exact) mass is 361 g/mol. The minimum absolute atomic E-state index is 0.262. The van der Waals surface area contributed by atoms with Crippen molar-refractivity contribution >= 4 is 22.8 Å². The second-order valence-electron chi connectivity index (χ2n) is 6.48. The van der Waals surface area contributed by atoms with Crippen molar-refractivity contribution in [3.63, 3.8) is 0 Å². The van der Waals surface area contributed by atoms with Gasteiger partial charge in [0.25, 0.3) is 0 Å². The number of nitrogens with zero attached hydrogens (tertiary/aromatic N) is 3. The average Bonchev–Trinajstić information content (AvgIpc) is 2.93. The zero-order valence-electron chi connectivity index (χ0n) is 14.9. The molecule has 0 aliphatic heterocycles. The summed E-state index contributed by atoms with van der Waals surface area (Å²) in [4.78, 5) is 10.2. The van der Waals surface area contributed by atoms with E-state index in [2.05, 4.69) is 52.6 Å². The summed E-state index contributed by atoms with van der Waals surface area (Å²) < 4.78 is 2.06. The summed E-state index contributed by atoms with van der Waals surface area (Å²) in [6, 6.07) is 15.9. The van der Waals surface area contributed by atoms with Crippen LogP contribution in [0.3, 0.4) is 0 Å². The third-order valence-electron chi connectivity index (χ3n) is 4.36. The molecule has 4 aromatic rings. The standard InChI is InChI=1S/C21H19N3OS/c1-13-8-14(2)10-17(9-13)26-21-18-11-19(15-4-6-16(25)7-5-15)24(3)20(18)22-12-23-21/h4-12,25H,1-3H3. The number of aromatic hydroxyl groups is 1. The molecule has 0 aliphatic rings. The lowest BCUT2D eigenvalue weighted by atomic mass is 10.1. The summed E-state index contributed by atoms with van der Waals surface area (Å²) in [6.07, 6.45) is 1.62. The van der Waals surface area contributed by atoms with Crippen molar-refractivity contribution in [1.82, 2.24) is 14.5 Å². The van der Waals surface area contributed by atoms with Crippen LogP contribution in [0.5, 0.6) is 5.75 Å². The van der Waals surface area contributed by atoms with Crippen molar-refractivity contribution < 1.29 is 5.11 Å². The Kier molecular flexibility index (Phi) is 4.17. The van der Waals surface area contributed by atoms with Gasteiger partial charge in [0, 0.05) is 11.9 Å². The molecule has 0 atom stereocenters. The fourth-order valence-corrected chi connectivity index (χ4v) is 4.28. The first-order chi connectivity index (χ1) is 12.5. The van der Waals surface area contributed by atoms with E-state index < -0.39 is 0 Å². The van der Waals surface area contributed by atoms with E-state index in [9.17, 15) is 5.11 Å². The van der Waals surface area contributed by atoms with Gasteiger partial charge in [-0.3, -0.25) is 0 Å². The quantitative estimate of drug-likeness (QED) is 0.515. The Balaban J connectivity index is 1.81. The fraction of sp³-hybridized carbons (Fsp3) is 0.143. The van der Waals surface area contributed by atoms with Gasteiger partial charge in [-0.05, 0) is 73.0 Å². The molecule has 1 N–H and O–H groups in total. The first-order valence-electron chi connectivity index (χ1n) is 8.37. The Morgan fingerprint density at radius 2 is 1.62 bits per heavy atom. The Hall–Kier alpha value is -2.79. The van der Waals surface area contributed by atoms with Gasteiger partial charge in [-0.1, -0.05) is 17.8 Å². The van der Waals surface area contributed by atoms with Gasteiger partial charge in [0.15, 0.2) is 0 Å². The van der Waals surface area contributed by atoms with Gasteiger partial charge in [-0.25, -0.2) is 9.97 Å². The smallest absolute Gasteiger partial charge is 0.144 e. The first-order valence-corrected chi connectivity index (χ1v) is 9.19. The first kappa shape index (κ1) is 16.7. The molecule has 0 unspecified atom stereocenters. The highest BCUT2D eigenvalue weighted by atomic mass is 32.2. The van der Waals surface area contributed by atoms with Crippen molar-refractivity contribution in [2.75, 3.05) is 0 Å². The highest BCUT2D eigenvalue weighted by Gasteiger charge is 2.14. The molecule has 4 rings (SSSR count). The molecule has 2 aromatic carbocycles. The van der Waals surface area contributed by atoms with Crippen LogP contribution in [0.4, 0.5) is 0 Å². The summed E-state index contributed by atoms with van der Waals surface area (Å²) in [6.45, 7) is 4.22. The van der Waals surface area contributed by atoms with E-state index in [1.54, 1.807) is 30.2 Å². The summed E-state index contributed by atoms with van der Waals surface area (Å²) in [5, 5.41) is 11.5. The van der Waals surface area contributed by atoms with Gasteiger partial charge in [-0.15, -0.1) is 0 Å². The summed E-state index contributed by atoms with van der Waals surface area (Å²) in [5.41, 5.74) is 5.47. The predicted octanol–water partition coefficient (Wildman–Crippen LogP) is 5.11.